The number of amides is 1. The van der Waals surface area contributed by atoms with E-state index in [2.05, 4.69) is 0 Å². The molecule has 7 heteroatoms. The molecule has 0 aliphatic carbocycles. The fourth-order valence-electron chi connectivity index (χ4n) is 3.54. The van der Waals surface area contributed by atoms with Crippen molar-refractivity contribution in [2.75, 3.05) is 0 Å². The van der Waals surface area contributed by atoms with Crippen LogP contribution in [0.25, 0.3) is 0 Å². The molecule has 32 heavy (non-hydrogen) atoms. The lowest BCUT2D eigenvalue weighted by molar-refractivity contribution is -0.137. The summed E-state index contributed by atoms with van der Waals surface area (Å²) in [6.45, 7) is 0.913. The molecule has 0 radical (unpaired) electrons. The van der Waals surface area contributed by atoms with Crippen LogP contribution in [0.5, 0.6) is 0 Å². The zero-order valence-electron chi connectivity index (χ0n) is 17.1. The lowest BCUT2D eigenvalue weighted by Gasteiger charge is -2.23. The first-order valence-electron chi connectivity index (χ1n) is 10.1. The molecule has 0 aliphatic heterocycles. The molecule has 4 nitrogen and oxygen atoms in total. The van der Waals surface area contributed by atoms with E-state index in [0.717, 1.165) is 23.4 Å². The summed E-state index contributed by atoms with van der Waals surface area (Å²) in [4.78, 5) is 14.7. The molecule has 0 saturated carbocycles. The molecule has 0 fully saturated rings. The van der Waals surface area contributed by atoms with E-state index < -0.39 is 11.7 Å². The molecule has 4 aromatic rings. The lowest BCUT2D eigenvalue weighted by Crippen LogP contribution is -2.30. The van der Waals surface area contributed by atoms with Crippen LogP contribution < -0.4 is 0 Å². The van der Waals surface area contributed by atoms with Gasteiger partial charge in [-0.15, -0.1) is 0 Å². The standard InChI is InChI=1S/C25H21F3N2O2/c26-25(27,28)21-10-4-9-20(15-21)17-29-13-5-11-22(29)18-30(16-19-7-2-1-3-8-19)24(31)23-12-6-14-32-23/h1-15H,16-18H2. The average molecular weight is 438 g/mol. The number of carbonyl (C=O) groups is 1. The molecule has 1 amide bonds. The van der Waals surface area contributed by atoms with E-state index in [4.69, 9.17) is 4.42 Å². The number of halogens is 3. The van der Waals surface area contributed by atoms with E-state index in [-0.39, 0.29) is 24.8 Å². The largest absolute Gasteiger partial charge is 0.459 e. The first kappa shape index (κ1) is 21.5. The van der Waals surface area contributed by atoms with E-state index in [9.17, 15) is 18.0 Å². The molecule has 4 rings (SSSR count). The lowest BCUT2D eigenvalue weighted by atomic mass is 10.1. The Labute approximate surface area is 183 Å². The summed E-state index contributed by atoms with van der Waals surface area (Å²) >= 11 is 0. The van der Waals surface area contributed by atoms with Crippen molar-refractivity contribution in [2.24, 2.45) is 0 Å². The van der Waals surface area contributed by atoms with Crippen LogP contribution in [0.1, 0.15) is 32.9 Å². The van der Waals surface area contributed by atoms with Crippen molar-refractivity contribution in [3.63, 3.8) is 0 Å². The zero-order chi connectivity index (χ0) is 22.6. The minimum absolute atomic E-state index is 0.233. The Bertz CT molecular complexity index is 1170. The number of nitrogens with zero attached hydrogens (tertiary/aromatic N) is 2. The number of carbonyl (C=O) groups excluding carboxylic acids is 1. The molecule has 164 valence electrons. The van der Waals surface area contributed by atoms with E-state index in [1.54, 1.807) is 29.3 Å². The number of hydrogen-bond donors (Lipinski definition) is 0. The second kappa shape index (κ2) is 9.18. The predicted octanol–water partition coefficient (Wildman–Crippen LogP) is 5.99. The normalized spacial score (nSPS) is 11.5. The first-order chi connectivity index (χ1) is 15.4. The molecule has 0 spiro atoms. The third-order valence-corrected chi connectivity index (χ3v) is 5.12. The highest BCUT2D eigenvalue weighted by Crippen LogP contribution is 2.29. The monoisotopic (exact) mass is 438 g/mol. The summed E-state index contributed by atoms with van der Waals surface area (Å²) in [5.41, 5.74) is 1.62. The highest BCUT2D eigenvalue weighted by Gasteiger charge is 2.30. The predicted molar refractivity (Wildman–Crippen MR) is 114 cm³/mol. The molecule has 2 aromatic carbocycles. The number of aromatic nitrogens is 1. The van der Waals surface area contributed by atoms with Gasteiger partial charge in [0.2, 0.25) is 0 Å². The minimum Gasteiger partial charge on any atom is -0.459 e. The van der Waals surface area contributed by atoms with Crippen molar-refractivity contribution in [1.82, 2.24) is 9.47 Å². The third-order valence-electron chi connectivity index (χ3n) is 5.12. The van der Waals surface area contributed by atoms with Gasteiger partial charge in [-0.2, -0.15) is 13.2 Å². The number of furan rings is 1. The molecule has 0 unspecified atom stereocenters. The molecule has 0 aliphatic rings. The maximum Gasteiger partial charge on any atom is 0.416 e. The van der Waals surface area contributed by atoms with E-state index in [1.807, 2.05) is 47.0 Å². The van der Waals surface area contributed by atoms with Crippen molar-refractivity contribution in [3.8, 4) is 0 Å². The van der Waals surface area contributed by atoms with Crippen LogP contribution in [0.4, 0.5) is 13.2 Å². The fraction of sp³-hybridized carbons (Fsp3) is 0.160. The van der Waals surface area contributed by atoms with Gasteiger partial charge in [0.05, 0.1) is 18.4 Å². The van der Waals surface area contributed by atoms with Gasteiger partial charge in [0.25, 0.3) is 5.91 Å². The van der Waals surface area contributed by atoms with Gasteiger partial charge in [-0.05, 0) is 47.5 Å². The van der Waals surface area contributed by atoms with Crippen LogP contribution in [0, 0.1) is 0 Å². The highest BCUT2D eigenvalue weighted by molar-refractivity contribution is 5.91. The quantitative estimate of drug-likeness (QED) is 0.355. The SMILES string of the molecule is O=C(c1ccco1)N(Cc1ccccc1)Cc1cccn1Cc1cccc(C(F)(F)F)c1. The van der Waals surface area contributed by atoms with Crippen molar-refractivity contribution in [1.29, 1.82) is 0 Å². The van der Waals surface area contributed by atoms with E-state index in [1.165, 1.54) is 12.3 Å². The Morgan fingerprint density at radius 2 is 1.66 bits per heavy atom. The second-order valence-electron chi connectivity index (χ2n) is 7.45. The van der Waals surface area contributed by atoms with Crippen molar-refractivity contribution >= 4 is 5.91 Å². The second-order valence-corrected chi connectivity index (χ2v) is 7.45. The summed E-state index contributed by atoms with van der Waals surface area (Å²) in [6.07, 6.45) is -1.14. The first-order valence-corrected chi connectivity index (χ1v) is 10.1. The van der Waals surface area contributed by atoms with Crippen LogP contribution >= 0.6 is 0 Å². The Morgan fingerprint density at radius 3 is 2.38 bits per heavy atom. The van der Waals surface area contributed by atoms with E-state index in [0.29, 0.717) is 12.1 Å². The average Bonchev–Trinajstić information content (AvgIpc) is 3.46. The van der Waals surface area contributed by atoms with Gasteiger partial charge in [0.15, 0.2) is 5.76 Å². The van der Waals surface area contributed by atoms with Crippen LogP contribution in [-0.2, 0) is 25.8 Å². The summed E-state index contributed by atoms with van der Waals surface area (Å²) in [5.74, 6) is -0.0254. The number of rotatable bonds is 7. The molecule has 2 aromatic heterocycles. The maximum atomic E-state index is 13.1. The van der Waals surface area contributed by atoms with Gasteiger partial charge in [-0.3, -0.25) is 4.79 Å². The van der Waals surface area contributed by atoms with Crippen LogP contribution in [0.2, 0.25) is 0 Å². The molecule has 0 bridgehead atoms. The van der Waals surface area contributed by atoms with E-state index >= 15 is 0 Å². The molecule has 0 atom stereocenters. The number of alkyl halides is 3. The number of benzene rings is 2. The third kappa shape index (κ3) is 5.11. The molecule has 0 saturated heterocycles. The van der Waals surface area contributed by atoms with Crippen molar-refractivity contribution in [2.45, 2.75) is 25.8 Å². The van der Waals surface area contributed by atoms with Gasteiger partial charge in [-0.1, -0.05) is 42.5 Å². The van der Waals surface area contributed by atoms with Gasteiger partial charge >= 0.3 is 6.18 Å². The Kier molecular flexibility index (Phi) is 6.16. The van der Waals surface area contributed by atoms with Gasteiger partial charge < -0.3 is 13.9 Å². The summed E-state index contributed by atoms with van der Waals surface area (Å²) in [6, 6.07) is 21.8. The van der Waals surface area contributed by atoms with Gasteiger partial charge in [-0.25, -0.2) is 0 Å². The Hall–Kier alpha value is -3.74. The van der Waals surface area contributed by atoms with Crippen molar-refractivity contribution in [3.05, 3.63) is 119 Å². The minimum atomic E-state index is -4.39. The van der Waals surface area contributed by atoms with Crippen LogP contribution in [0.15, 0.2) is 95.7 Å². The summed E-state index contributed by atoms with van der Waals surface area (Å²) < 4.78 is 46.4. The summed E-state index contributed by atoms with van der Waals surface area (Å²) in [7, 11) is 0. The van der Waals surface area contributed by atoms with Crippen LogP contribution in [-0.4, -0.2) is 15.4 Å². The Morgan fingerprint density at radius 1 is 0.875 bits per heavy atom. The molecule has 0 N–H and O–H groups in total. The maximum absolute atomic E-state index is 13.1. The topological polar surface area (TPSA) is 38.4 Å². The van der Waals surface area contributed by atoms with Gasteiger partial charge in [0, 0.05) is 25.0 Å². The highest BCUT2D eigenvalue weighted by atomic mass is 19.4. The molecular formula is C25H21F3N2O2. The molecular weight excluding hydrogens is 417 g/mol. The summed E-state index contributed by atoms with van der Waals surface area (Å²) in [5, 5.41) is 0. The smallest absolute Gasteiger partial charge is 0.416 e. The van der Waals surface area contributed by atoms with Gasteiger partial charge in [0.1, 0.15) is 0 Å². The fourth-order valence-corrected chi connectivity index (χ4v) is 3.54. The van der Waals surface area contributed by atoms with Crippen LogP contribution in [0.3, 0.4) is 0 Å². The number of hydrogen-bond acceptors (Lipinski definition) is 2. The molecule has 2 heterocycles. The Balaban J connectivity index is 1.57. The van der Waals surface area contributed by atoms with Crippen molar-refractivity contribution < 1.29 is 22.4 Å². The zero-order valence-corrected chi connectivity index (χ0v) is 17.1.